The van der Waals surface area contributed by atoms with E-state index in [1.807, 2.05) is 49.4 Å². The van der Waals surface area contributed by atoms with Crippen LogP contribution in [-0.2, 0) is 21.2 Å². The summed E-state index contributed by atoms with van der Waals surface area (Å²) in [5, 5.41) is 2.03. The highest BCUT2D eigenvalue weighted by Gasteiger charge is 2.12. The molecule has 0 aromatic heterocycles. The molecule has 0 amide bonds. The third kappa shape index (κ3) is 6.80. The smallest absolute Gasteiger partial charge is 0.309 e. The Hall–Kier alpha value is -2.38. The highest BCUT2D eigenvalue weighted by atomic mass is 32.2. The summed E-state index contributed by atoms with van der Waals surface area (Å²) in [7, 11) is -3.55. The topological polar surface area (TPSA) is 69.7 Å². The van der Waals surface area contributed by atoms with Gasteiger partial charge in [0.25, 0.3) is 0 Å². The molecule has 3 rings (SSSR count). The molecule has 0 heterocycles. The van der Waals surface area contributed by atoms with E-state index in [0.29, 0.717) is 23.7 Å². The molecule has 0 saturated carbocycles. The maximum Gasteiger partial charge on any atom is 0.309 e. The van der Waals surface area contributed by atoms with Gasteiger partial charge in [-0.2, -0.15) is 8.42 Å². The lowest BCUT2D eigenvalue weighted by Gasteiger charge is -2.09. The maximum absolute atomic E-state index is 12.0. The minimum absolute atomic E-state index is 0.0216. The molecule has 0 radical (unpaired) electrons. The van der Waals surface area contributed by atoms with E-state index in [4.69, 9.17) is 8.37 Å². The Morgan fingerprint density at radius 3 is 2.10 bits per heavy atom. The van der Waals surface area contributed by atoms with Crippen LogP contribution in [0, 0.1) is 0 Å². The lowest BCUT2D eigenvalue weighted by molar-refractivity contribution is 0.483. The number of benzene rings is 3. The zero-order valence-corrected chi connectivity index (χ0v) is 19.5. The maximum atomic E-state index is 12.0. The van der Waals surface area contributed by atoms with Gasteiger partial charge in [-0.3, -0.25) is 0 Å². The van der Waals surface area contributed by atoms with Gasteiger partial charge in [0, 0.05) is 0 Å². The van der Waals surface area contributed by atoms with E-state index in [0.717, 1.165) is 41.2 Å². The number of unbranched alkanes of at least 4 members (excludes halogenated alkanes) is 2. The molecule has 3 aromatic carbocycles. The molecular weight excluding hydrogens is 432 g/mol. The second-order valence-electron chi connectivity index (χ2n) is 7.39. The van der Waals surface area contributed by atoms with Gasteiger partial charge in [-0.15, -0.1) is 0 Å². The third-order valence-electron chi connectivity index (χ3n) is 4.82. The summed E-state index contributed by atoms with van der Waals surface area (Å²) in [5.74, 6) is 1.47. The van der Waals surface area contributed by atoms with Crippen molar-refractivity contribution < 1.29 is 21.0 Å². The summed E-state index contributed by atoms with van der Waals surface area (Å²) < 4.78 is 46.6. The minimum Gasteiger partial charge on any atom is -0.401 e. The van der Waals surface area contributed by atoms with Gasteiger partial charge >= 0.3 is 10.1 Å². The van der Waals surface area contributed by atoms with Crippen LogP contribution in [-0.4, -0.2) is 24.1 Å². The molecular formula is C24H28O5S2. The summed E-state index contributed by atoms with van der Waals surface area (Å²) in [5.41, 5.74) is 1.97. The van der Waals surface area contributed by atoms with Crippen molar-refractivity contribution in [2.45, 2.75) is 39.5 Å². The van der Waals surface area contributed by atoms with Gasteiger partial charge in [0.15, 0.2) is 0 Å². The van der Waals surface area contributed by atoms with Gasteiger partial charge < -0.3 is 8.37 Å². The standard InChI is InChI=1S/C24H28O5S2/c1-3-5-15-30(25)28-24-14-11-21-17-20(7-8-22(21)18-24)19-9-12-23(13-10-19)29-31(26,27)16-6-4-2/h7-14,17-18H,3-6,15-16H2,1-2H3. The SMILES string of the molecule is CCCCS(=O)Oc1ccc2cc(-c3ccc(OS(=O)(=O)CCCC)cc3)ccc2c1. The summed E-state index contributed by atoms with van der Waals surface area (Å²) in [4.78, 5) is 0. The number of rotatable bonds is 11. The van der Waals surface area contributed by atoms with Gasteiger partial charge in [-0.1, -0.05) is 57.0 Å². The van der Waals surface area contributed by atoms with E-state index in [9.17, 15) is 12.6 Å². The van der Waals surface area contributed by atoms with Crippen LogP contribution in [0.4, 0.5) is 0 Å². The lowest BCUT2D eigenvalue weighted by Crippen LogP contribution is -2.13. The van der Waals surface area contributed by atoms with Gasteiger partial charge in [-0.05, 0) is 65.1 Å². The fourth-order valence-electron chi connectivity index (χ4n) is 3.08. The third-order valence-corrected chi connectivity index (χ3v) is 7.06. The van der Waals surface area contributed by atoms with Crippen LogP contribution in [0.1, 0.15) is 39.5 Å². The Morgan fingerprint density at radius 1 is 0.774 bits per heavy atom. The van der Waals surface area contributed by atoms with Crippen molar-refractivity contribution in [3.8, 4) is 22.6 Å². The number of hydrogen-bond acceptors (Lipinski definition) is 5. The molecule has 0 N–H and O–H groups in total. The Kier molecular flexibility index (Phi) is 8.09. The molecule has 0 spiro atoms. The van der Waals surface area contributed by atoms with Crippen LogP contribution < -0.4 is 8.37 Å². The Bertz CT molecular complexity index is 1140. The van der Waals surface area contributed by atoms with Crippen LogP contribution >= 0.6 is 0 Å². The first-order valence-electron chi connectivity index (χ1n) is 10.5. The van der Waals surface area contributed by atoms with Crippen LogP contribution in [0.2, 0.25) is 0 Å². The molecule has 5 nitrogen and oxygen atoms in total. The summed E-state index contributed by atoms with van der Waals surface area (Å²) in [6.45, 7) is 4.00. The summed E-state index contributed by atoms with van der Waals surface area (Å²) in [6.07, 6.45) is 3.24. The number of fused-ring (bicyclic) bond motifs is 1. The second kappa shape index (κ2) is 10.8. The highest BCUT2D eigenvalue weighted by molar-refractivity contribution is 7.87. The van der Waals surface area contributed by atoms with E-state index in [1.165, 1.54) is 0 Å². The van der Waals surface area contributed by atoms with Crippen LogP contribution in [0.25, 0.3) is 21.9 Å². The van der Waals surface area contributed by atoms with Crippen molar-refractivity contribution in [2.75, 3.05) is 11.5 Å². The molecule has 0 bridgehead atoms. The van der Waals surface area contributed by atoms with Crippen LogP contribution in [0.5, 0.6) is 11.5 Å². The van der Waals surface area contributed by atoms with E-state index >= 15 is 0 Å². The largest absolute Gasteiger partial charge is 0.401 e. The molecule has 1 unspecified atom stereocenters. The van der Waals surface area contributed by atoms with Crippen LogP contribution in [0.15, 0.2) is 60.7 Å². The molecule has 0 fully saturated rings. The summed E-state index contributed by atoms with van der Waals surface area (Å²) >= 11 is -1.31. The molecule has 166 valence electrons. The Balaban J connectivity index is 1.73. The second-order valence-corrected chi connectivity index (χ2v) is 10.3. The van der Waals surface area contributed by atoms with Crippen molar-refractivity contribution in [2.24, 2.45) is 0 Å². The monoisotopic (exact) mass is 460 g/mol. The first-order chi connectivity index (χ1) is 14.9. The zero-order valence-electron chi connectivity index (χ0n) is 17.9. The molecule has 0 aliphatic carbocycles. The molecule has 1 atom stereocenters. The molecule has 3 aromatic rings. The van der Waals surface area contributed by atoms with Crippen LogP contribution in [0.3, 0.4) is 0 Å². The zero-order chi connectivity index (χ0) is 22.3. The van der Waals surface area contributed by atoms with Crippen molar-refractivity contribution >= 4 is 32.0 Å². The van der Waals surface area contributed by atoms with E-state index < -0.39 is 21.2 Å². The van der Waals surface area contributed by atoms with Gasteiger partial charge in [-0.25, -0.2) is 4.21 Å². The van der Waals surface area contributed by atoms with Crippen molar-refractivity contribution in [1.82, 2.24) is 0 Å². The van der Waals surface area contributed by atoms with E-state index in [2.05, 4.69) is 13.0 Å². The first-order valence-corrected chi connectivity index (χ1v) is 13.4. The number of hydrogen-bond donors (Lipinski definition) is 0. The van der Waals surface area contributed by atoms with Gasteiger partial charge in [0.2, 0.25) is 11.1 Å². The predicted molar refractivity (Wildman–Crippen MR) is 127 cm³/mol. The fourth-order valence-corrected chi connectivity index (χ4v) is 5.13. The molecule has 31 heavy (non-hydrogen) atoms. The van der Waals surface area contributed by atoms with E-state index in [1.54, 1.807) is 12.1 Å². The highest BCUT2D eigenvalue weighted by Crippen LogP contribution is 2.29. The van der Waals surface area contributed by atoms with E-state index in [-0.39, 0.29) is 5.75 Å². The van der Waals surface area contributed by atoms with Gasteiger partial charge in [0.1, 0.15) is 11.5 Å². The Labute approximate surface area is 187 Å². The quantitative estimate of drug-likeness (QED) is 0.335. The minimum atomic E-state index is -3.55. The van der Waals surface area contributed by atoms with Crippen molar-refractivity contribution in [3.63, 3.8) is 0 Å². The lowest BCUT2D eigenvalue weighted by atomic mass is 10.0. The van der Waals surface area contributed by atoms with Crippen molar-refractivity contribution in [3.05, 3.63) is 60.7 Å². The fraction of sp³-hybridized carbons (Fsp3) is 0.333. The molecule has 0 saturated heterocycles. The normalized spacial score (nSPS) is 12.6. The predicted octanol–water partition coefficient (Wildman–Crippen LogP) is 5.86. The average molecular weight is 461 g/mol. The molecule has 0 aliphatic heterocycles. The van der Waals surface area contributed by atoms with Crippen molar-refractivity contribution in [1.29, 1.82) is 0 Å². The Morgan fingerprint density at radius 2 is 1.39 bits per heavy atom. The summed E-state index contributed by atoms with van der Waals surface area (Å²) in [6, 6.07) is 18.7. The average Bonchev–Trinajstić information content (AvgIpc) is 2.76. The van der Waals surface area contributed by atoms with Gasteiger partial charge in [0.05, 0.1) is 11.5 Å². The molecule has 7 heteroatoms. The molecule has 0 aliphatic rings. The first kappa shape index (κ1) is 23.3.